The van der Waals surface area contributed by atoms with E-state index in [9.17, 15) is 4.79 Å². The van der Waals surface area contributed by atoms with Gasteiger partial charge in [-0.15, -0.1) is 0 Å². The van der Waals surface area contributed by atoms with Gasteiger partial charge in [-0.1, -0.05) is 0 Å². The topological polar surface area (TPSA) is 91.3 Å². The predicted molar refractivity (Wildman–Crippen MR) is 112 cm³/mol. The molecule has 9 heteroatoms. The van der Waals surface area contributed by atoms with Gasteiger partial charge in [-0.05, 0) is 54.8 Å². The lowest BCUT2D eigenvalue weighted by atomic mass is 10.3. The van der Waals surface area contributed by atoms with Gasteiger partial charge in [-0.3, -0.25) is 20.3 Å². The Morgan fingerprint density at radius 3 is 2.75 bits per heavy atom. The van der Waals surface area contributed by atoms with E-state index in [1.54, 1.807) is 11.8 Å². The van der Waals surface area contributed by atoms with Crippen LogP contribution in [-0.4, -0.2) is 34.0 Å². The van der Waals surface area contributed by atoms with E-state index in [4.69, 9.17) is 0 Å². The van der Waals surface area contributed by atoms with Crippen molar-refractivity contribution < 1.29 is 4.79 Å². The van der Waals surface area contributed by atoms with Crippen molar-refractivity contribution in [1.29, 1.82) is 0 Å². The Bertz CT molecular complexity index is 990. The second kappa shape index (κ2) is 7.53. The van der Waals surface area contributed by atoms with Gasteiger partial charge < -0.3 is 5.32 Å². The molecule has 143 valence electrons. The SMILES string of the molecule is CC(=O)Nc1ccc(SC2=CN(Nc3cc(C)[nH]n3)CC3=C(C)N=C[N+]23)cc1. The molecule has 0 fully saturated rings. The number of benzene rings is 1. The van der Waals surface area contributed by atoms with Gasteiger partial charge in [0.2, 0.25) is 16.6 Å². The summed E-state index contributed by atoms with van der Waals surface area (Å²) in [5, 5.41) is 13.0. The average Bonchev–Trinajstić information content (AvgIpc) is 3.22. The van der Waals surface area contributed by atoms with Crippen molar-refractivity contribution in [3.05, 3.63) is 58.6 Å². The van der Waals surface area contributed by atoms with E-state index < -0.39 is 0 Å². The normalized spacial score (nSPS) is 16.2. The van der Waals surface area contributed by atoms with Gasteiger partial charge in [0.15, 0.2) is 5.82 Å². The van der Waals surface area contributed by atoms with Crippen LogP contribution in [0.4, 0.5) is 11.5 Å². The number of hydrogen-bond donors (Lipinski definition) is 3. The summed E-state index contributed by atoms with van der Waals surface area (Å²) in [5.74, 6) is 0.688. The molecule has 4 rings (SSSR count). The van der Waals surface area contributed by atoms with E-state index in [1.807, 2.05) is 61.7 Å². The fraction of sp³-hybridized carbons (Fsp3) is 0.211. The third kappa shape index (κ3) is 3.95. The number of H-pyrrole nitrogens is 1. The number of carbonyl (C=O) groups is 1. The molecule has 0 saturated carbocycles. The summed E-state index contributed by atoms with van der Waals surface area (Å²) in [7, 11) is 0. The van der Waals surface area contributed by atoms with Crippen molar-refractivity contribution >= 4 is 35.5 Å². The third-order valence-corrected chi connectivity index (χ3v) is 5.28. The number of anilines is 2. The number of aromatic amines is 1. The van der Waals surface area contributed by atoms with Crippen LogP contribution < -0.4 is 15.6 Å². The number of hydrogen-bond acceptors (Lipinski definition) is 7. The predicted octanol–water partition coefficient (Wildman–Crippen LogP) is 3.32. The van der Waals surface area contributed by atoms with Crippen molar-refractivity contribution in [2.45, 2.75) is 25.7 Å². The standard InChI is InChI=1S/C19H21N7OS/c1-12-8-18(23-22-12)24-25-9-17-13(2)20-11-26(17)19(10-25)28-16-6-4-15(5-7-16)21-14(3)27/h4-8,10-11H,9H2,1-3H3,(H,21,27)(H2,22,23,24)/q+1. The van der Waals surface area contributed by atoms with Gasteiger partial charge in [0.05, 0.1) is 6.20 Å². The highest BCUT2D eigenvalue weighted by atomic mass is 32.2. The van der Waals surface area contributed by atoms with E-state index in [1.165, 1.54) is 6.92 Å². The Morgan fingerprint density at radius 2 is 2.07 bits per heavy atom. The molecule has 2 aliphatic heterocycles. The summed E-state index contributed by atoms with van der Waals surface area (Å²) in [4.78, 5) is 18.8. The average molecular weight is 395 g/mol. The molecular weight excluding hydrogens is 374 g/mol. The zero-order valence-electron chi connectivity index (χ0n) is 15.9. The van der Waals surface area contributed by atoms with Crippen molar-refractivity contribution in [2.24, 2.45) is 4.99 Å². The van der Waals surface area contributed by atoms with Crippen molar-refractivity contribution in [3.63, 3.8) is 0 Å². The maximum absolute atomic E-state index is 11.2. The van der Waals surface area contributed by atoms with Crippen molar-refractivity contribution in [3.8, 4) is 0 Å². The molecule has 1 aromatic heterocycles. The van der Waals surface area contributed by atoms with Crippen molar-refractivity contribution in [1.82, 2.24) is 20.1 Å². The lowest BCUT2D eigenvalue weighted by Gasteiger charge is -2.26. The number of thioether (sulfide) groups is 1. The van der Waals surface area contributed by atoms with Crippen LogP contribution in [0.25, 0.3) is 0 Å². The Balaban J connectivity index is 1.55. The second-order valence-electron chi connectivity index (χ2n) is 6.60. The first-order valence-electron chi connectivity index (χ1n) is 8.84. The number of amides is 1. The third-order valence-electron chi connectivity index (χ3n) is 4.26. The molecule has 3 heterocycles. The molecule has 0 saturated heterocycles. The minimum absolute atomic E-state index is 0.0794. The van der Waals surface area contributed by atoms with Crippen LogP contribution >= 0.6 is 11.8 Å². The highest BCUT2D eigenvalue weighted by Gasteiger charge is 2.39. The maximum atomic E-state index is 11.2. The number of allylic oxidation sites excluding steroid dienone is 1. The molecule has 0 spiro atoms. The van der Waals surface area contributed by atoms with Crippen LogP contribution in [0.3, 0.4) is 0 Å². The number of nitrogens with one attached hydrogen (secondary N) is 3. The molecule has 2 aliphatic rings. The lowest BCUT2D eigenvalue weighted by Crippen LogP contribution is -2.40. The van der Waals surface area contributed by atoms with Crippen LogP contribution in [0, 0.1) is 6.92 Å². The van der Waals surface area contributed by atoms with Crippen molar-refractivity contribution in [2.75, 3.05) is 17.3 Å². The molecule has 28 heavy (non-hydrogen) atoms. The number of hydrazine groups is 1. The molecule has 1 aromatic carbocycles. The van der Waals surface area contributed by atoms with Crippen LogP contribution in [0.1, 0.15) is 19.5 Å². The molecule has 1 radical (unpaired) electrons. The number of aryl methyl sites for hydroxylation is 1. The molecule has 0 bridgehead atoms. The van der Waals surface area contributed by atoms with E-state index >= 15 is 0 Å². The first-order chi connectivity index (χ1) is 13.5. The molecule has 0 aliphatic carbocycles. The molecule has 8 nitrogen and oxygen atoms in total. The summed E-state index contributed by atoms with van der Waals surface area (Å²) >= 11 is 1.63. The summed E-state index contributed by atoms with van der Waals surface area (Å²) < 4.78 is 0. The van der Waals surface area contributed by atoms with Gasteiger partial charge in [-0.25, -0.2) is 0 Å². The van der Waals surface area contributed by atoms with Gasteiger partial charge in [0, 0.05) is 29.3 Å². The Hall–Kier alpha value is -3.04. The molecule has 1 amide bonds. The first-order valence-corrected chi connectivity index (χ1v) is 9.65. The van der Waals surface area contributed by atoms with Gasteiger partial charge in [0.25, 0.3) is 6.34 Å². The van der Waals surface area contributed by atoms with Gasteiger partial charge in [-0.2, -0.15) is 10.1 Å². The highest BCUT2D eigenvalue weighted by molar-refractivity contribution is 8.03. The molecular formula is C19H21N7OS+. The van der Waals surface area contributed by atoms with Crippen LogP contribution in [0.2, 0.25) is 0 Å². The first kappa shape index (κ1) is 18.3. The Kier molecular flexibility index (Phi) is 4.93. The molecule has 0 atom stereocenters. The number of nitrogens with zero attached hydrogens (tertiary/aromatic N) is 4. The summed E-state index contributed by atoms with van der Waals surface area (Å²) in [6.07, 6.45) is 3.90. The van der Waals surface area contributed by atoms with Crippen LogP contribution in [0.5, 0.6) is 0 Å². The summed E-state index contributed by atoms with van der Waals surface area (Å²) in [6.45, 7) is 6.16. The molecule has 0 unspecified atom stereocenters. The number of carbonyl (C=O) groups excluding carboxylic acids is 1. The van der Waals surface area contributed by atoms with Crippen LogP contribution in [-0.2, 0) is 4.79 Å². The fourth-order valence-electron chi connectivity index (χ4n) is 2.95. The largest absolute Gasteiger partial charge is 0.326 e. The Labute approximate surface area is 167 Å². The number of rotatable bonds is 5. The van der Waals surface area contributed by atoms with Crippen LogP contribution in [0.15, 0.2) is 62.8 Å². The molecule has 2 aromatic rings. The van der Waals surface area contributed by atoms with E-state index in [0.717, 1.165) is 38.5 Å². The monoisotopic (exact) mass is 395 g/mol. The van der Waals surface area contributed by atoms with E-state index in [-0.39, 0.29) is 5.91 Å². The second-order valence-corrected chi connectivity index (χ2v) is 7.69. The maximum Gasteiger partial charge on any atom is 0.251 e. The minimum atomic E-state index is -0.0794. The zero-order chi connectivity index (χ0) is 19.7. The Morgan fingerprint density at radius 1 is 1.29 bits per heavy atom. The van der Waals surface area contributed by atoms with E-state index in [2.05, 4.69) is 30.8 Å². The van der Waals surface area contributed by atoms with Gasteiger partial charge >= 0.3 is 0 Å². The number of fused-ring (bicyclic) bond motifs is 1. The van der Waals surface area contributed by atoms with Gasteiger partial charge in [0.1, 0.15) is 12.2 Å². The number of aliphatic imine (C=N–C) groups is 1. The lowest BCUT2D eigenvalue weighted by molar-refractivity contribution is -0.114. The van der Waals surface area contributed by atoms with E-state index in [0.29, 0.717) is 6.54 Å². The smallest absolute Gasteiger partial charge is 0.251 e. The minimum Gasteiger partial charge on any atom is -0.326 e. The zero-order valence-corrected chi connectivity index (χ0v) is 16.7. The summed E-state index contributed by atoms with van der Waals surface area (Å²) in [5.41, 5.74) is 7.22. The fourth-order valence-corrected chi connectivity index (χ4v) is 3.90. The quantitative estimate of drug-likeness (QED) is 0.676. The highest BCUT2D eigenvalue weighted by Crippen LogP contribution is 2.35. The molecule has 3 N–H and O–H groups in total. The number of aromatic nitrogens is 2. The summed E-state index contributed by atoms with van der Waals surface area (Å²) in [6, 6.07) is 9.74.